The summed E-state index contributed by atoms with van der Waals surface area (Å²) in [7, 11) is 0. The van der Waals surface area contributed by atoms with Crippen molar-refractivity contribution >= 4 is 17.9 Å². The molecule has 0 heterocycles. The van der Waals surface area contributed by atoms with Gasteiger partial charge in [-0.25, -0.2) is 0 Å². The third kappa shape index (κ3) is 40.4. The van der Waals surface area contributed by atoms with Gasteiger partial charge < -0.3 is 15.3 Å². The molecular weight excluding hydrogens is 228 g/mol. The molecule has 0 aliphatic carbocycles. The van der Waals surface area contributed by atoms with Crippen molar-refractivity contribution in [2.75, 3.05) is 0 Å². The van der Waals surface area contributed by atoms with Gasteiger partial charge in [0.15, 0.2) is 0 Å². The average Bonchev–Trinajstić information content (AvgIpc) is 2.19. The number of aliphatic carboxylic acids is 3. The van der Waals surface area contributed by atoms with Gasteiger partial charge in [0.05, 0.1) is 5.92 Å². The Morgan fingerprint density at radius 2 is 1.24 bits per heavy atom. The lowest BCUT2D eigenvalue weighted by molar-refractivity contribution is -0.140. The highest BCUT2D eigenvalue weighted by Crippen LogP contribution is 1.87. The van der Waals surface area contributed by atoms with E-state index in [0.717, 1.165) is 6.42 Å². The molecule has 0 saturated carbocycles. The summed E-state index contributed by atoms with van der Waals surface area (Å²) in [5.74, 6) is -2.43. The highest BCUT2D eigenvalue weighted by Gasteiger charge is 1.99. The molecule has 0 aromatic rings. The van der Waals surface area contributed by atoms with E-state index in [1.165, 1.54) is 0 Å². The van der Waals surface area contributed by atoms with E-state index in [0.29, 0.717) is 6.42 Å². The van der Waals surface area contributed by atoms with Crippen LogP contribution in [0.25, 0.3) is 0 Å². The monoisotopic (exact) mass is 250 g/mol. The largest absolute Gasteiger partial charge is 0.481 e. The van der Waals surface area contributed by atoms with E-state index in [9.17, 15) is 14.4 Å². The zero-order valence-electron chi connectivity index (χ0n) is 10.8. The molecule has 3 N–H and O–H groups in total. The third-order valence-corrected chi connectivity index (χ3v) is 1.26. The number of carbonyl (C=O) groups is 3. The second-order valence-corrected chi connectivity index (χ2v) is 3.38. The van der Waals surface area contributed by atoms with E-state index in [4.69, 9.17) is 15.3 Å². The summed E-state index contributed by atoms with van der Waals surface area (Å²) in [5.41, 5.74) is 0. The van der Waals surface area contributed by atoms with Gasteiger partial charge in [0, 0.05) is 12.8 Å². The average molecular weight is 250 g/mol. The van der Waals surface area contributed by atoms with Crippen LogP contribution in [-0.2, 0) is 14.4 Å². The van der Waals surface area contributed by atoms with Gasteiger partial charge in [-0.05, 0) is 6.42 Å². The van der Waals surface area contributed by atoms with Crippen LogP contribution in [0.15, 0.2) is 0 Å². The van der Waals surface area contributed by atoms with Crippen LogP contribution in [-0.4, -0.2) is 33.2 Å². The van der Waals surface area contributed by atoms with Gasteiger partial charge in [0.2, 0.25) is 0 Å². The Morgan fingerprint density at radius 3 is 1.24 bits per heavy atom. The standard InChI is InChI=1S/2C4H8O2.C3H6O2/c1-3(2)4(5)6;1-2-3-4(5)6;1-2-3(4)5/h3H,1-2H3,(H,5,6);2-3H2,1H3,(H,5,6);2H2,1H3,(H,4,5). The molecule has 17 heavy (non-hydrogen) atoms. The molecular formula is C11H22O6. The Labute approximate surface area is 101 Å². The van der Waals surface area contributed by atoms with Crippen molar-refractivity contribution in [1.82, 2.24) is 0 Å². The minimum Gasteiger partial charge on any atom is -0.481 e. The first-order valence-electron chi connectivity index (χ1n) is 5.35. The van der Waals surface area contributed by atoms with Crippen LogP contribution in [0.4, 0.5) is 0 Å². The maximum Gasteiger partial charge on any atom is 0.305 e. The quantitative estimate of drug-likeness (QED) is 0.704. The summed E-state index contributed by atoms with van der Waals surface area (Å²) in [6.07, 6.45) is 1.25. The first kappa shape index (κ1) is 20.8. The summed E-state index contributed by atoms with van der Waals surface area (Å²) >= 11 is 0. The van der Waals surface area contributed by atoms with Crippen LogP contribution in [0.3, 0.4) is 0 Å². The van der Waals surface area contributed by atoms with E-state index in [-0.39, 0.29) is 12.3 Å². The van der Waals surface area contributed by atoms with Crippen molar-refractivity contribution in [2.24, 2.45) is 5.92 Å². The van der Waals surface area contributed by atoms with E-state index in [1.807, 2.05) is 6.92 Å². The molecule has 0 amide bonds. The molecule has 6 heteroatoms. The molecule has 0 aliphatic rings. The molecule has 0 aromatic carbocycles. The molecule has 0 aliphatic heterocycles. The van der Waals surface area contributed by atoms with Crippen LogP contribution < -0.4 is 0 Å². The number of hydrogen-bond donors (Lipinski definition) is 3. The molecule has 102 valence electrons. The minimum absolute atomic E-state index is 0.222. The normalized spacial score (nSPS) is 8.29. The first-order valence-corrected chi connectivity index (χ1v) is 5.35. The van der Waals surface area contributed by atoms with Crippen LogP contribution in [0.2, 0.25) is 0 Å². The summed E-state index contributed by atoms with van der Waals surface area (Å²) in [5, 5.41) is 23.6. The number of hydrogen-bond acceptors (Lipinski definition) is 3. The molecule has 0 fully saturated rings. The van der Waals surface area contributed by atoms with Crippen LogP contribution in [0, 0.1) is 5.92 Å². The SMILES string of the molecule is CC(C)C(=O)O.CCC(=O)O.CCCC(=O)O. The fraction of sp³-hybridized carbons (Fsp3) is 0.727. The Balaban J connectivity index is -0.000000174. The summed E-state index contributed by atoms with van der Waals surface area (Å²) in [6, 6.07) is 0. The van der Waals surface area contributed by atoms with Gasteiger partial charge in [-0.1, -0.05) is 27.7 Å². The van der Waals surface area contributed by atoms with Gasteiger partial charge in [0.1, 0.15) is 0 Å². The second kappa shape index (κ2) is 14.4. The van der Waals surface area contributed by atoms with Crippen molar-refractivity contribution in [3.8, 4) is 0 Å². The molecule has 6 nitrogen and oxygen atoms in total. The molecule has 0 rings (SSSR count). The van der Waals surface area contributed by atoms with E-state index in [2.05, 4.69) is 0 Å². The van der Waals surface area contributed by atoms with Crippen molar-refractivity contribution in [3.63, 3.8) is 0 Å². The van der Waals surface area contributed by atoms with E-state index >= 15 is 0 Å². The first-order chi connectivity index (χ1) is 7.68. The van der Waals surface area contributed by atoms with E-state index < -0.39 is 17.9 Å². The van der Waals surface area contributed by atoms with Crippen LogP contribution in [0.5, 0.6) is 0 Å². The summed E-state index contributed by atoms with van der Waals surface area (Å²) < 4.78 is 0. The third-order valence-electron chi connectivity index (χ3n) is 1.26. The molecule has 0 saturated heterocycles. The van der Waals surface area contributed by atoms with Crippen LogP contribution >= 0.6 is 0 Å². The van der Waals surface area contributed by atoms with Gasteiger partial charge in [-0.15, -0.1) is 0 Å². The van der Waals surface area contributed by atoms with Crippen molar-refractivity contribution in [2.45, 2.75) is 47.0 Å². The lowest BCUT2D eigenvalue weighted by atomic mass is 10.2. The van der Waals surface area contributed by atoms with Crippen molar-refractivity contribution in [1.29, 1.82) is 0 Å². The maximum absolute atomic E-state index is 9.70. The summed E-state index contributed by atoms with van der Waals surface area (Å²) in [4.78, 5) is 28.7. The smallest absolute Gasteiger partial charge is 0.305 e. The molecule has 0 radical (unpaired) electrons. The fourth-order valence-corrected chi connectivity index (χ4v) is 0.214. The van der Waals surface area contributed by atoms with E-state index in [1.54, 1.807) is 20.8 Å². The van der Waals surface area contributed by atoms with Crippen molar-refractivity contribution < 1.29 is 29.7 Å². The second-order valence-electron chi connectivity index (χ2n) is 3.38. The van der Waals surface area contributed by atoms with Gasteiger partial charge in [0.25, 0.3) is 0 Å². The molecule has 0 spiro atoms. The maximum atomic E-state index is 9.70. The van der Waals surface area contributed by atoms with Gasteiger partial charge in [-0.2, -0.15) is 0 Å². The minimum atomic E-state index is -0.745. The fourth-order valence-electron chi connectivity index (χ4n) is 0.214. The number of carboxylic acid groups (broad SMARTS) is 3. The highest BCUT2D eigenvalue weighted by atomic mass is 16.4. The summed E-state index contributed by atoms with van der Waals surface area (Å²) in [6.45, 7) is 6.72. The highest BCUT2D eigenvalue weighted by molar-refractivity contribution is 5.68. The van der Waals surface area contributed by atoms with Gasteiger partial charge in [-0.3, -0.25) is 14.4 Å². The zero-order valence-corrected chi connectivity index (χ0v) is 10.8. The number of rotatable bonds is 4. The number of carboxylic acids is 3. The van der Waals surface area contributed by atoms with Crippen molar-refractivity contribution in [3.05, 3.63) is 0 Å². The predicted octanol–water partition coefficient (Wildman–Crippen LogP) is 2.08. The Morgan fingerprint density at radius 1 is 0.941 bits per heavy atom. The predicted molar refractivity (Wildman–Crippen MR) is 62.9 cm³/mol. The van der Waals surface area contributed by atoms with Crippen LogP contribution in [0.1, 0.15) is 47.0 Å². The molecule has 0 bridgehead atoms. The Kier molecular flexibility index (Phi) is 17.6. The Bertz CT molecular complexity index is 222. The zero-order chi connectivity index (χ0) is 14.4. The molecule has 0 aromatic heterocycles. The van der Waals surface area contributed by atoms with Gasteiger partial charge >= 0.3 is 17.9 Å². The molecule has 0 unspecified atom stereocenters. The Hall–Kier alpha value is -1.59. The molecule has 0 atom stereocenters. The lowest BCUT2D eigenvalue weighted by Crippen LogP contribution is -2.03. The topological polar surface area (TPSA) is 112 Å². The lowest BCUT2D eigenvalue weighted by Gasteiger charge is -1.89.